The predicted molar refractivity (Wildman–Crippen MR) is 279 cm³/mol. The van der Waals surface area contributed by atoms with Gasteiger partial charge in [-0.15, -0.1) is 0 Å². The molecule has 0 unspecified atom stereocenters. The molecule has 0 heterocycles. The Morgan fingerprint density at radius 2 is 0.508 bits per heavy atom. The number of carbonyl (C=O) groups is 3. The Hall–Kier alpha value is -2.11. The lowest BCUT2D eigenvalue weighted by atomic mass is 10.0. The lowest BCUT2D eigenvalue weighted by molar-refractivity contribution is -0.167. The molecule has 0 rings (SSSR count). The van der Waals surface area contributed by atoms with Crippen molar-refractivity contribution >= 4 is 17.9 Å². The molecule has 0 N–H and O–H groups in total. The third-order valence-corrected chi connectivity index (χ3v) is 12.9. The summed E-state index contributed by atoms with van der Waals surface area (Å²) in [7, 11) is 0. The van der Waals surface area contributed by atoms with Crippen molar-refractivity contribution in [1.29, 1.82) is 0 Å². The molecule has 1 atom stereocenters. The van der Waals surface area contributed by atoms with Crippen molar-refractivity contribution in [3.63, 3.8) is 0 Å². The van der Waals surface area contributed by atoms with Gasteiger partial charge in [0.1, 0.15) is 13.2 Å². The number of ether oxygens (including phenoxy) is 3. The Bertz CT molecular complexity index is 1050. The third-order valence-electron chi connectivity index (χ3n) is 12.9. The maximum absolute atomic E-state index is 12.8. The van der Waals surface area contributed by atoms with Gasteiger partial charge in [0.2, 0.25) is 0 Å². The maximum Gasteiger partial charge on any atom is 0.306 e. The van der Waals surface area contributed by atoms with Crippen molar-refractivity contribution in [3.8, 4) is 0 Å². The molecular weight excluding hydrogens is 805 g/mol. The molecule has 0 saturated carbocycles. The average molecular weight is 916 g/mol. The summed E-state index contributed by atoms with van der Waals surface area (Å²) in [4.78, 5) is 38.1. The molecule has 0 radical (unpaired) electrons. The molecule has 0 aromatic carbocycles. The fourth-order valence-corrected chi connectivity index (χ4v) is 8.55. The molecule has 0 aromatic heterocycles. The minimum Gasteiger partial charge on any atom is -0.462 e. The Morgan fingerprint density at radius 3 is 0.785 bits per heavy atom. The summed E-state index contributed by atoms with van der Waals surface area (Å²) >= 11 is 0. The van der Waals surface area contributed by atoms with Crippen molar-refractivity contribution in [1.82, 2.24) is 0 Å². The van der Waals surface area contributed by atoms with Crippen LogP contribution in [0.25, 0.3) is 0 Å². The van der Waals surface area contributed by atoms with Gasteiger partial charge < -0.3 is 14.2 Å². The molecule has 382 valence electrons. The van der Waals surface area contributed by atoms with E-state index >= 15 is 0 Å². The van der Waals surface area contributed by atoms with Gasteiger partial charge in [-0.05, 0) is 70.6 Å². The smallest absolute Gasteiger partial charge is 0.306 e. The highest BCUT2D eigenvalue weighted by Gasteiger charge is 2.19. The second-order valence-electron chi connectivity index (χ2n) is 19.6. The quantitative estimate of drug-likeness (QED) is 0.0262. The van der Waals surface area contributed by atoms with Crippen molar-refractivity contribution in [2.45, 2.75) is 322 Å². The van der Waals surface area contributed by atoms with Crippen LogP contribution in [0.1, 0.15) is 316 Å². The van der Waals surface area contributed by atoms with Crippen molar-refractivity contribution < 1.29 is 28.6 Å². The van der Waals surface area contributed by atoms with Crippen LogP contribution in [0.15, 0.2) is 24.3 Å². The lowest BCUT2D eigenvalue weighted by Gasteiger charge is -2.18. The van der Waals surface area contributed by atoms with Crippen LogP contribution in [-0.4, -0.2) is 37.2 Å². The zero-order valence-electron chi connectivity index (χ0n) is 43.8. The highest BCUT2D eigenvalue weighted by atomic mass is 16.6. The monoisotopic (exact) mass is 915 g/mol. The van der Waals surface area contributed by atoms with Crippen LogP contribution < -0.4 is 0 Å². The van der Waals surface area contributed by atoms with Crippen molar-refractivity contribution in [2.75, 3.05) is 13.2 Å². The minimum absolute atomic E-state index is 0.0715. The first-order valence-electron chi connectivity index (χ1n) is 28.8. The second-order valence-corrected chi connectivity index (χ2v) is 19.6. The summed E-state index contributed by atoms with van der Waals surface area (Å²) in [5.74, 6) is -0.865. The molecule has 0 aliphatic carbocycles. The first-order chi connectivity index (χ1) is 32.0. The van der Waals surface area contributed by atoms with Crippen LogP contribution in [0, 0.1) is 0 Å². The normalized spacial score (nSPS) is 12.1. The third kappa shape index (κ3) is 52.7. The Balaban J connectivity index is 4.34. The molecule has 0 fully saturated rings. The molecule has 0 spiro atoms. The van der Waals surface area contributed by atoms with Gasteiger partial charge in [-0.25, -0.2) is 0 Å². The van der Waals surface area contributed by atoms with E-state index in [1.54, 1.807) is 0 Å². The first-order valence-corrected chi connectivity index (χ1v) is 28.8. The summed E-state index contributed by atoms with van der Waals surface area (Å²) < 4.78 is 16.9. The topological polar surface area (TPSA) is 78.9 Å². The largest absolute Gasteiger partial charge is 0.462 e. The van der Waals surface area contributed by atoms with Gasteiger partial charge in [0.15, 0.2) is 6.10 Å². The maximum atomic E-state index is 12.8. The molecule has 0 aliphatic heterocycles. The molecule has 6 nitrogen and oxygen atoms in total. The molecule has 0 amide bonds. The lowest BCUT2D eigenvalue weighted by Crippen LogP contribution is -2.30. The average Bonchev–Trinajstić information content (AvgIpc) is 3.30. The molecule has 0 aromatic rings. The molecule has 0 saturated heterocycles. The van der Waals surface area contributed by atoms with E-state index in [1.165, 1.54) is 212 Å². The number of hydrogen-bond donors (Lipinski definition) is 0. The molecule has 0 bridgehead atoms. The standard InChI is InChI=1S/C59H110O6/c1-4-7-10-13-16-19-22-25-28-29-32-34-37-40-43-46-49-52-58(61)64-55-56(65-59(62)53-50-47-44-41-38-35-31-27-24-21-18-15-12-9-6-3)54-63-57(60)51-48-45-42-39-36-33-30-26-23-20-17-14-11-8-5-2/h20,23,27,31,56H,4-19,21-22,24-26,28-30,32-55H2,1-3H3/b23-20-,31-27-/t56-/m1/s1. The van der Waals surface area contributed by atoms with Crippen LogP contribution in [0.2, 0.25) is 0 Å². The molecule has 0 aliphatic rings. The predicted octanol–water partition coefficient (Wildman–Crippen LogP) is 19.1. The summed E-state index contributed by atoms with van der Waals surface area (Å²) in [6.07, 6.45) is 63.0. The Labute approximate surface area is 404 Å². The highest BCUT2D eigenvalue weighted by molar-refractivity contribution is 5.71. The minimum atomic E-state index is -0.773. The molecular formula is C59H110O6. The summed E-state index contributed by atoms with van der Waals surface area (Å²) in [6.45, 7) is 6.66. The number of esters is 3. The van der Waals surface area contributed by atoms with Crippen LogP contribution in [0.3, 0.4) is 0 Å². The van der Waals surface area contributed by atoms with E-state index in [4.69, 9.17) is 14.2 Å². The number of allylic oxidation sites excluding steroid dienone is 4. The van der Waals surface area contributed by atoms with Gasteiger partial charge in [-0.1, -0.05) is 251 Å². The van der Waals surface area contributed by atoms with Gasteiger partial charge >= 0.3 is 17.9 Å². The van der Waals surface area contributed by atoms with E-state index in [2.05, 4.69) is 45.1 Å². The van der Waals surface area contributed by atoms with E-state index in [0.717, 1.165) is 64.2 Å². The molecule has 6 heteroatoms. The zero-order chi connectivity index (χ0) is 47.2. The Morgan fingerprint density at radius 1 is 0.292 bits per heavy atom. The number of rotatable bonds is 53. The number of hydrogen-bond acceptors (Lipinski definition) is 6. The summed E-state index contributed by atoms with van der Waals surface area (Å²) in [5.41, 5.74) is 0. The van der Waals surface area contributed by atoms with E-state index in [-0.39, 0.29) is 31.1 Å². The zero-order valence-corrected chi connectivity index (χ0v) is 43.8. The fourth-order valence-electron chi connectivity index (χ4n) is 8.55. The van der Waals surface area contributed by atoms with E-state index in [9.17, 15) is 14.4 Å². The summed E-state index contributed by atoms with van der Waals surface area (Å²) in [5, 5.41) is 0. The van der Waals surface area contributed by atoms with Gasteiger partial charge in [0, 0.05) is 19.3 Å². The van der Waals surface area contributed by atoms with Crippen molar-refractivity contribution in [3.05, 3.63) is 24.3 Å². The van der Waals surface area contributed by atoms with Crippen LogP contribution >= 0.6 is 0 Å². The van der Waals surface area contributed by atoms with Crippen LogP contribution in [0.5, 0.6) is 0 Å². The molecule has 65 heavy (non-hydrogen) atoms. The van der Waals surface area contributed by atoms with Gasteiger partial charge in [0.25, 0.3) is 0 Å². The highest BCUT2D eigenvalue weighted by Crippen LogP contribution is 2.16. The van der Waals surface area contributed by atoms with Gasteiger partial charge in [-0.3, -0.25) is 14.4 Å². The summed E-state index contributed by atoms with van der Waals surface area (Å²) in [6, 6.07) is 0. The van der Waals surface area contributed by atoms with E-state index in [1.807, 2.05) is 0 Å². The van der Waals surface area contributed by atoms with Crippen molar-refractivity contribution in [2.24, 2.45) is 0 Å². The Kier molecular flexibility index (Phi) is 52.7. The SMILES string of the molecule is CCCCCC/C=C\CCCCCCCCCC(=O)OC[C@H](COC(=O)CCCCCCCCCCCCCCCCCCC)OC(=O)CCCCCCC/C=C\CCCCCCCC. The first kappa shape index (κ1) is 62.9. The number of unbranched alkanes of at least 4 members (excludes halogenated alkanes) is 38. The van der Waals surface area contributed by atoms with Gasteiger partial charge in [-0.2, -0.15) is 0 Å². The second kappa shape index (κ2) is 54.5. The van der Waals surface area contributed by atoms with Crippen LogP contribution in [0.4, 0.5) is 0 Å². The fraction of sp³-hybridized carbons (Fsp3) is 0.881. The van der Waals surface area contributed by atoms with E-state index in [0.29, 0.717) is 19.3 Å². The van der Waals surface area contributed by atoms with Crippen LogP contribution in [-0.2, 0) is 28.6 Å². The van der Waals surface area contributed by atoms with E-state index < -0.39 is 6.10 Å². The van der Waals surface area contributed by atoms with Gasteiger partial charge in [0.05, 0.1) is 0 Å². The number of carbonyl (C=O) groups excluding carboxylic acids is 3.